The average Bonchev–Trinajstić information content (AvgIpc) is 2.80. The number of hydrogen-bond donors (Lipinski definition) is 1. The number of hydrogen-bond acceptors (Lipinski definition) is 3. The molecule has 1 saturated heterocycles. The zero-order valence-corrected chi connectivity index (χ0v) is 13.3. The second kappa shape index (κ2) is 6.80. The first-order valence-electron chi connectivity index (χ1n) is 8.01. The molecule has 5 heteroatoms. The molecule has 2 aliphatic rings. The zero-order chi connectivity index (χ0) is 15.5. The van der Waals surface area contributed by atoms with Gasteiger partial charge in [0.05, 0.1) is 18.2 Å². The van der Waals surface area contributed by atoms with Crippen molar-refractivity contribution in [1.29, 1.82) is 0 Å². The highest BCUT2D eigenvalue weighted by Crippen LogP contribution is 2.27. The van der Waals surface area contributed by atoms with Gasteiger partial charge in [0.15, 0.2) is 0 Å². The first-order valence-corrected chi connectivity index (χ1v) is 8.38. The molecule has 1 aliphatic heterocycles. The number of rotatable bonds is 4. The summed E-state index contributed by atoms with van der Waals surface area (Å²) in [7, 11) is 0. The fourth-order valence-electron chi connectivity index (χ4n) is 3.38. The van der Waals surface area contributed by atoms with Crippen LogP contribution in [0.15, 0.2) is 24.3 Å². The van der Waals surface area contributed by atoms with Crippen molar-refractivity contribution in [3.05, 3.63) is 29.3 Å². The van der Waals surface area contributed by atoms with Gasteiger partial charge in [0, 0.05) is 5.02 Å². The quantitative estimate of drug-likeness (QED) is 0.867. The number of nitrogens with zero attached hydrogens (tertiary/aromatic N) is 1. The van der Waals surface area contributed by atoms with E-state index in [0.717, 1.165) is 6.54 Å². The second-order valence-corrected chi connectivity index (χ2v) is 6.65. The number of carbonyl (C=O) groups is 2. The molecule has 4 nitrogen and oxygen atoms in total. The van der Waals surface area contributed by atoms with E-state index in [1.165, 1.54) is 37.0 Å². The van der Waals surface area contributed by atoms with Gasteiger partial charge in [0.2, 0.25) is 5.91 Å². The van der Waals surface area contributed by atoms with E-state index in [1.54, 1.807) is 24.3 Å². The van der Waals surface area contributed by atoms with E-state index in [0.29, 0.717) is 16.6 Å². The lowest BCUT2D eigenvalue weighted by molar-refractivity contribution is -0.121. The van der Waals surface area contributed by atoms with E-state index in [4.69, 9.17) is 11.6 Å². The lowest BCUT2D eigenvalue weighted by atomic mass is 9.89. The molecule has 1 heterocycles. The lowest BCUT2D eigenvalue weighted by Crippen LogP contribution is -2.41. The van der Waals surface area contributed by atoms with Gasteiger partial charge in [-0.2, -0.15) is 0 Å². The molecule has 1 atom stereocenters. The van der Waals surface area contributed by atoms with Gasteiger partial charge in [-0.3, -0.25) is 9.59 Å². The monoisotopic (exact) mass is 320 g/mol. The summed E-state index contributed by atoms with van der Waals surface area (Å²) in [4.78, 5) is 25.9. The van der Waals surface area contributed by atoms with Crippen LogP contribution in [0.25, 0.3) is 0 Å². The summed E-state index contributed by atoms with van der Waals surface area (Å²) >= 11 is 5.95. The number of benzene rings is 1. The van der Waals surface area contributed by atoms with Crippen molar-refractivity contribution in [2.45, 2.75) is 44.6 Å². The Bertz CT molecular complexity index is 570. The molecule has 0 unspecified atom stereocenters. The van der Waals surface area contributed by atoms with Crippen molar-refractivity contribution in [2.24, 2.45) is 5.92 Å². The van der Waals surface area contributed by atoms with Crippen LogP contribution < -0.4 is 10.2 Å². The van der Waals surface area contributed by atoms with Crippen LogP contribution >= 0.6 is 11.6 Å². The van der Waals surface area contributed by atoms with Crippen LogP contribution in [0, 0.1) is 5.92 Å². The van der Waals surface area contributed by atoms with Gasteiger partial charge in [-0.05, 0) is 43.5 Å². The van der Waals surface area contributed by atoms with Crippen LogP contribution in [0.3, 0.4) is 0 Å². The summed E-state index contributed by atoms with van der Waals surface area (Å²) in [6.45, 7) is 0.826. The molecule has 2 amide bonds. The molecule has 0 bridgehead atoms. The summed E-state index contributed by atoms with van der Waals surface area (Å²) in [5.74, 6) is 0.313. The Kier molecular flexibility index (Phi) is 4.79. The van der Waals surface area contributed by atoms with Gasteiger partial charge < -0.3 is 5.32 Å². The summed E-state index contributed by atoms with van der Waals surface area (Å²) in [6, 6.07) is 6.48. The standard InChI is InChI=1S/C17H21ClN2O2/c18-13-7-4-8-14(9-13)20-16(21)10-15(17(20)22)19-11-12-5-2-1-3-6-12/h4,7-9,12,15,19H,1-3,5-6,10-11H2/t15-/m1/s1. The molecule has 1 N–H and O–H groups in total. The van der Waals surface area contributed by atoms with E-state index >= 15 is 0 Å². The van der Waals surface area contributed by atoms with Crippen LogP contribution in [0.2, 0.25) is 5.02 Å². The zero-order valence-electron chi connectivity index (χ0n) is 12.6. The molecule has 3 rings (SSSR count). The van der Waals surface area contributed by atoms with E-state index in [2.05, 4.69) is 5.32 Å². The SMILES string of the molecule is O=C1C[C@@H](NCC2CCCCC2)C(=O)N1c1cccc(Cl)c1. The molecule has 118 valence electrons. The molecule has 1 saturated carbocycles. The predicted molar refractivity (Wildman–Crippen MR) is 86.9 cm³/mol. The first kappa shape index (κ1) is 15.5. The van der Waals surface area contributed by atoms with Crippen molar-refractivity contribution < 1.29 is 9.59 Å². The molecule has 2 fully saturated rings. The molecule has 0 radical (unpaired) electrons. The Hall–Kier alpha value is -1.39. The van der Waals surface area contributed by atoms with Crippen molar-refractivity contribution in [2.75, 3.05) is 11.4 Å². The number of nitrogens with one attached hydrogen (secondary N) is 1. The number of carbonyl (C=O) groups excluding carboxylic acids is 2. The van der Waals surface area contributed by atoms with Gasteiger partial charge >= 0.3 is 0 Å². The van der Waals surface area contributed by atoms with Crippen LogP contribution in [0.1, 0.15) is 38.5 Å². The summed E-state index contributed by atoms with van der Waals surface area (Å²) in [5, 5.41) is 3.83. The smallest absolute Gasteiger partial charge is 0.251 e. The Morgan fingerprint density at radius 1 is 1.18 bits per heavy atom. The van der Waals surface area contributed by atoms with Crippen LogP contribution in [0.5, 0.6) is 0 Å². The highest BCUT2D eigenvalue weighted by atomic mass is 35.5. The minimum absolute atomic E-state index is 0.159. The highest BCUT2D eigenvalue weighted by molar-refractivity contribution is 6.31. The number of anilines is 1. The molecular formula is C17H21ClN2O2. The van der Waals surface area contributed by atoms with Crippen LogP contribution in [0.4, 0.5) is 5.69 Å². The van der Waals surface area contributed by atoms with Gasteiger partial charge in [0.1, 0.15) is 0 Å². The lowest BCUT2D eigenvalue weighted by Gasteiger charge is -2.23. The predicted octanol–water partition coefficient (Wildman–Crippen LogP) is 3.14. The van der Waals surface area contributed by atoms with Crippen molar-refractivity contribution in [3.63, 3.8) is 0 Å². The Balaban J connectivity index is 1.63. The molecule has 1 aromatic rings. The molecular weight excluding hydrogens is 300 g/mol. The third-order valence-corrected chi connectivity index (χ3v) is 4.83. The third kappa shape index (κ3) is 3.33. The molecule has 0 aromatic heterocycles. The second-order valence-electron chi connectivity index (χ2n) is 6.22. The fraction of sp³-hybridized carbons (Fsp3) is 0.529. The maximum atomic E-state index is 12.5. The van der Waals surface area contributed by atoms with Gasteiger partial charge in [-0.1, -0.05) is 36.9 Å². The maximum Gasteiger partial charge on any atom is 0.251 e. The minimum atomic E-state index is -0.395. The van der Waals surface area contributed by atoms with Gasteiger partial charge in [-0.15, -0.1) is 0 Å². The van der Waals surface area contributed by atoms with Gasteiger partial charge in [-0.25, -0.2) is 4.90 Å². The largest absolute Gasteiger partial charge is 0.305 e. The molecule has 1 aliphatic carbocycles. The molecule has 22 heavy (non-hydrogen) atoms. The van der Waals surface area contributed by atoms with E-state index < -0.39 is 6.04 Å². The van der Waals surface area contributed by atoms with Gasteiger partial charge in [0.25, 0.3) is 5.91 Å². The van der Waals surface area contributed by atoms with Crippen LogP contribution in [-0.4, -0.2) is 24.4 Å². The molecule has 1 aromatic carbocycles. The molecule has 0 spiro atoms. The van der Waals surface area contributed by atoms with E-state index in [-0.39, 0.29) is 18.2 Å². The number of amides is 2. The first-order chi connectivity index (χ1) is 10.6. The third-order valence-electron chi connectivity index (χ3n) is 4.59. The Morgan fingerprint density at radius 3 is 2.68 bits per heavy atom. The maximum absolute atomic E-state index is 12.5. The van der Waals surface area contributed by atoms with Crippen LogP contribution in [-0.2, 0) is 9.59 Å². The highest BCUT2D eigenvalue weighted by Gasteiger charge is 2.39. The summed E-state index contributed by atoms with van der Waals surface area (Å²) in [6.07, 6.45) is 6.55. The van der Waals surface area contributed by atoms with Crippen molar-refractivity contribution in [1.82, 2.24) is 5.32 Å². The van der Waals surface area contributed by atoms with Crippen molar-refractivity contribution in [3.8, 4) is 0 Å². The summed E-state index contributed by atoms with van der Waals surface area (Å²) < 4.78 is 0. The number of imide groups is 1. The van der Waals surface area contributed by atoms with E-state index in [9.17, 15) is 9.59 Å². The topological polar surface area (TPSA) is 49.4 Å². The summed E-state index contributed by atoms with van der Waals surface area (Å²) in [5.41, 5.74) is 0.560. The normalized spacial score (nSPS) is 23.3. The average molecular weight is 321 g/mol. The van der Waals surface area contributed by atoms with E-state index in [1.807, 2.05) is 0 Å². The minimum Gasteiger partial charge on any atom is -0.305 e. The Morgan fingerprint density at radius 2 is 1.95 bits per heavy atom. The Labute approximate surface area is 135 Å². The fourth-order valence-corrected chi connectivity index (χ4v) is 3.56. The number of halogens is 1. The van der Waals surface area contributed by atoms with Crippen molar-refractivity contribution >= 4 is 29.1 Å².